The van der Waals surface area contributed by atoms with Gasteiger partial charge in [0, 0.05) is 24.3 Å². The molecule has 1 saturated carbocycles. The first-order valence-electron chi connectivity index (χ1n) is 8.40. The summed E-state index contributed by atoms with van der Waals surface area (Å²) in [6.07, 6.45) is 4.68. The second kappa shape index (κ2) is 7.59. The highest BCUT2D eigenvalue weighted by Crippen LogP contribution is 2.27. The van der Waals surface area contributed by atoms with Gasteiger partial charge >= 0.3 is 5.97 Å². The third-order valence-corrected chi connectivity index (χ3v) is 4.60. The third-order valence-electron chi connectivity index (χ3n) is 4.60. The van der Waals surface area contributed by atoms with E-state index in [-0.39, 0.29) is 29.4 Å². The summed E-state index contributed by atoms with van der Waals surface area (Å²) >= 11 is 0. The second-order valence-electron chi connectivity index (χ2n) is 6.34. The molecule has 5 nitrogen and oxygen atoms in total. The zero-order valence-electron chi connectivity index (χ0n) is 14.0. The maximum atomic E-state index is 14.1. The van der Waals surface area contributed by atoms with E-state index in [9.17, 15) is 18.4 Å². The Morgan fingerprint density at radius 2 is 1.88 bits per heavy atom. The van der Waals surface area contributed by atoms with Gasteiger partial charge in [0.25, 0.3) is 5.91 Å². The molecule has 0 unspecified atom stereocenters. The average Bonchev–Trinajstić information content (AvgIpc) is 3.16. The molecule has 1 fully saturated rings. The van der Waals surface area contributed by atoms with Crippen LogP contribution in [0, 0.1) is 11.6 Å². The number of aromatic nitrogens is 1. The predicted molar refractivity (Wildman–Crippen MR) is 89.7 cm³/mol. The molecule has 0 atom stereocenters. The molecule has 3 rings (SSSR count). The molecule has 1 aliphatic rings. The van der Waals surface area contributed by atoms with E-state index in [0.29, 0.717) is 0 Å². The van der Waals surface area contributed by atoms with Crippen LogP contribution in [0.25, 0.3) is 0 Å². The molecule has 2 aromatic rings. The standard InChI is InChI=1S/C19H18F2N2O3/c20-14-5-6-16(21)13(9-14)11-23(15-3-1-2-4-15)18(24)17-10-12(19(25)26)7-8-22-17/h5-10,15H,1-4,11H2,(H,25,26). The summed E-state index contributed by atoms with van der Waals surface area (Å²) in [6.45, 7) is -0.0912. The summed E-state index contributed by atoms with van der Waals surface area (Å²) < 4.78 is 27.5. The monoisotopic (exact) mass is 360 g/mol. The van der Waals surface area contributed by atoms with Gasteiger partial charge in [0.1, 0.15) is 17.3 Å². The van der Waals surface area contributed by atoms with E-state index in [2.05, 4.69) is 4.98 Å². The number of carbonyl (C=O) groups is 2. The topological polar surface area (TPSA) is 70.5 Å². The molecule has 7 heteroatoms. The van der Waals surface area contributed by atoms with E-state index in [4.69, 9.17) is 5.11 Å². The third kappa shape index (κ3) is 3.87. The molecule has 0 saturated heterocycles. The van der Waals surface area contributed by atoms with Crippen molar-refractivity contribution < 1.29 is 23.5 Å². The molecule has 1 aromatic carbocycles. The summed E-state index contributed by atoms with van der Waals surface area (Å²) in [5.41, 5.74) is 0.0138. The highest BCUT2D eigenvalue weighted by Gasteiger charge is 2.29. The van der Waals surface area contributed by atoms with Gasteiger partial charge in [-0.25, -0.2) is 13.6 Å². The Bertz CT molecular complexity index is 835. The van der Waals surface area contributed by atoms with Gasteiger partial charge in [-0.15, -0.1) is 0 Å². The fourth-order valence-electron chi connectivity index (χ4n) is 3.26. The SMILES string of the molecule is O=C(O)c1ccnc(C(=O)N(Cc2cc(F)ccc2F)C2CCCC2)c1. The molecule has 26 heavy (non-hydrogen) atoms. The van der Waals surface area contributed by atoms with E-state index in [1.807, 2.05) is 0 Å². The van der Waals surface area contributed by atoms with Crippen molar-refractivity contribution in [1.29, 1.82) is 0 Å². The predicted octanol–water partition coefficient (Wildman–Crippen LogP) is 3.64. The molecule has 0 aliphatic heterocycles. The number of amides is 1. The van der Waals surface area contributed by atoms with Crippen LogP contribution < -0.4 is 0 Å². The number of benzene rings is 1. The Kier molecular flexibility index (Phi) is 5.25. The quantitative estimate of drug-likeness (QED) is 0.884. The van der Waals surface area contributed by atoms with Gasteiger partial charge in [0.05, 0.1) is 5.56 Å². The maximum absolute atomic E-state index is 14.1. The van der Waals surface area contributed by atoms with E-state index < -0.39 is 23.5 Å². The van der Waals surface area contributed by atoms with Crippen molar-refractivity contribution in [2.24, 2.45) is 0 Å². The minimum Gasteiger partial charge on any atom is -0.478 e. The number of nitrogens with zero attached hydrogens (tertiary/aromatic N) is 2. The number of halogens is 2. The summed E-state index contributed by atoms with van der Waals surface area (Å²) in [4.78, 5) is 29.5. The van der Waals surface area contributed by atoms with Crippen LogP contribution in [-0.2, 0) is 6.54 Å². The zero-order valence-corrected chi connectivity index (χ0v) is 14.0. The first-order valence-corrected chi connectivity index (χ1v) is 8.40. The zero-order chi connectivity index (χ0) is 18.7. The van der Waals surface area contributed by atoms with Gasteiger partial charge in [0.2, 0.25) is 0 Å². The Morgan fingerprint density at radius 1 is 1.15 bits per heavy atom. The van der Waals surface area contributed by atoms with Crippen LogP contribution in [-0.4, -0.2) is 32.9 Å². The molecule has 1 N–H and O–H groups in total. The van der Waals surface area contributed by atoms with Crippen molar-refractivity contribution in [1.82, 2.24) is 9.88 Å². The van der Waals surface area contributed by atoms with Crippen molar-refractivity contribution in [3.05, 3.63) is 65.0 Å². The number of hydrogen-bond acceptors (Lipinski definition) is 3. The number of rotatable bonds is 5. The van der Waals surface area contributed by atoms with Gasteiger partial charge in [-0.05, 0) is 43.2 Å². The largest absolute Gasteiger partial charge is 0.478 e. The lowest BCUT2D eigenvalue weighted by Crippen LogP contribution is -2.39. The Balaban J connectivity index is 1.93. The number of aromatic carboxylic acids is 1. The van der Waals surface area contributed by atoms with Crippen LogP contribution in [0.2, 0.25) is 0 Å². The number of carboxylic acid groups (broad SMARTS) is 1. The molecule has 1 heterocycles. The Hall–Kier alpha value is -2.83. The van der Waals surface area contributed by atoms with Crippen LogP contribution in [0.5, 0.6) is 0 Å². The van der Waals surface area contributed by atoms with Crippen molar-refractivity contribution >= 4 is 11.9 Å². The minimum absolute atomic E-state index is 0.0198. The first kappa shape index (κ1) is 18.0. The van der Waals surface area contributed by atoms with Gasteiger partial charge in [-0.2, -0.15) is 0 Å². The fourth-order valence-corrected chi connectivity index (χ4v) is 3.26. The number of pyridine rings is 1. The van der Waals surface area contributed by atoms with Crippen molar-refractivity contribution in [3.8, 4) is 0 Å². The summed E-state index contributed by atoms with van der Waals surface area (Å²) in [7, 11) is 0. The molecule has 0 spiro atoms. The molecule has 136 valence electrons. The van der Waals surface area contributed by atoms with Gasteiger partial charge in [0.15, 0.2) is 0 Å². The number of carbonyl (C=O) groups excluding carboxylic acids is 1. The maximum Gasteiger partial charge on any atom is 0.335 e. The average molecular weight is 360 g/mol. The molecule has 1 amide bonds. The summed E-state index contributed by atoms with van der Waals surface area (Å²) in [5, 5.41) is 9.10. The normalized spacial score (nSPS) is 14.4. The summed E-state index contributed by atoms with van der Waals surface area (Å²) in [5.74, 6) is -2.81. The van der Waals surface area contributed by atoms with E-state index in [0.717, 1.165) is 43.9 Å². The van der Waals surface area contributed by atoms with Crippen molar-refractivity contribution in [3.63, 3.8) is 0 Å². The molecule has 1 aliphatic carbocycles. The van der Waals surface area contributed by atoms with E-state index in [1.54, 1.807) is 0 Å². The lowest BCUT2D eigenvalue weighted by Gasteiger charge is -2.29. The van der Waals surface area contributed by atoms with Crippen LogP contribution in [0.4, 0.5) is 8.78 Å². The number of hydrogen-bond donors (Lipinski definition) is 1. The smallest absolute Gasteiger partial charge is 0.335 e. The molecule has 1 aromatic heterocycles. The van der Waals surface area contributed by atoms with E-state index >= 15 is 0 Å². The highest BCUT2D eigenvalue weighted by molar-refractivity contribution is 5.96. The van der Waals surface area contributed by atoms with Gasteiger partial charge in [-0.1, -0.05) is 12.8 Å². The molecule has 0 radical (unpaired) electrons. The Morgan fingerprint density at radius 3 is 2.58 bits per heavy atom. The molecular formula is C19H18F2N2O3. The van der Waals surface area contributed by atoms with Crippen LogP contribution in [0.3, 0.4) is 0 Å². The Labute approximate surface area is 149 Å². The van der Waals surface area contributed by atoms with Crippen LogP contribution >= 0.6 is 0 Å². The highest BCUT2D eigenvalue weighted by atomic mass is 19.1. The first-order chi connectivity index (χ1) is 12.5. The lowest BCUT2D eigenvalue weighted by molar-refractivity contribution is 0.0656. The summed E-state index contributed by atoms with van der Waals surface area (Å²) in [6, 6.07) is 5.52. The van der Waals surface area contributed by atoms with Gasteiger partial charge in [-0.3, -0.25) is 9.78 Å². The van der Waals surface area contributed by atoms with Crippen molar-refractivity contribution in [2.75, 3.05) is 0 Å². The van der Waals surface area contributed by atoms with Crippen LogP contribution in [0.15, 0.2) is 36.5 Å². The lowest BCUT2D eigenvalue weighted by atomic mass is 10.1. The van der Waals surface area contributed by atoms with Crippen molar-refractivity contribution in [2.45, 2.75) is 38.3 Å². The fraction of sp³-hybridized carbons (Fsp3) is 0.316. The minimum atomic E-state index is -1.16. The number of carboxylic acids is 1. The van der Waals surface area contributed by atoms with Crippen LogP contribution in [0.1, 0.15) is 52.1 Å². The van der Waals surface area contributed by atoms with Gasteiger partial charge < -0.3 is 10.0 Å². The van der Waals surface area contributed by atoms with E-state index in [1.165, 1.54) is 23.2 Å². The molecular weight excluding hydrogens is 342 g/mol. The molecule has 0 bridgehead atoms. The second-order valence-corrected chi connectivity index (χ2v) is 6.34.